The number of methoxy groups -OCH3 is 1. The van der Waals surface area contributed by atoms with Gasteiger partial charge in [-0.2, -0.15) is 0 Å². The Morgan fingerprint density at radius 3 is 2.70 bits per heavy atom. The Morgan fingerprint density at radius 1 is 1.15 bits per heavy atom. The van der Waals surface area contributed by atoms with Gasteiger partial charge in [-0.1, -0.05) is 23.9 Å². The molecule has 0 aliphatic carbocycles. The van der Waals surface area contributed by atoms with Crippen molar-refractivity contribution in [3.05, 3.63) is 64.9 Å². The monoisotopic (exact) mass is 480 g/mol. The van der Waals surface area contributed by atoms with E-state index < -0.39 is 0 Å². The Bertz CT molecular complexity index is 1220. The second kappa shape index (κ2) is 10.6. The Balaban J connectivity index is 1.64. The Kier molecular flexibility index (Phi) is 7.36. The molecule has 10 heteroatoms. The quantitative estimate of drug-likeness (QED) is 0.324. The number of hydrogen-bond acceptors (Lipinski definition) is 8. The molecule has 0 spiro atoms. The topological polar surface area (TPSA) is 86.0 Å². The van der Waals surface area contributed by atoms with Gasteiger partial charge in [0.15, 0.2) is 11.0 Å². The van der Waals surface area contributed by atoms with Crippen LogP contribution < -0.4 is 4.74 Å². The summed E-state index contributed by atoms with van der Waals surface area (Å²) in [6, 6.07) is 11.6. The fourth-order valence-corrected chi connectivity index (χ4v) is 5.08. The first-order valence-corrected chi connectivity index (χ1v) is 12.4. The molecule has 0 saturated carbocycles. The van der Waals surface area contributed by atoms with E-state index in [9.17, 15) is 4.79 Å². The average Bonchev–Trinajstić information content (AvgIpc) is 3.51. The van der Waals surface area contributed by atoms with E-state index in [1.165, 1.54) is 23.1 Å². The third-order valence-corrected chi connectivity index (χ3v) is 7.00. The number of thiazole rings is 1. The first-order valence-electron chi connectivity index (χ1n) is 10.5. The lowest BCUT2D eigenvalue weighted by molar-refractivity contribution is 0.0768. The van der Waals surface area contributed by atoms with Crippen molar-refractivity contribution in [3.8, 4) is 22.8 Å². The van der Waals surface area contributed by atoms with Gasteiger partial charge in [-0.05, 0) is 38.1 Å². The first kappa shape index (κ1) is 22.9. The molecule has 8 nitrogen and oxygen atoms in total. The minimum atomic E-state index is -0.0384. The van der Waals surface area contributed by atoms with Crippen LogP contribution >= 0.6 is 23.1 Å². The zero-order valence-corrected chi connectivity index (χ0v) is 20.3. The van der Waals surface area contributed by atoms with Crippen molar-refractivity contribution < 1.29 is 9.53 Å². The lowest BCUT2D eigenvalue weighted by Gasteiger charge is -2.16. The normalized spacial score (nSPS) is 10.9. The van der Waals surface area contributed by atoms with E-state index in [-0.39, 0.29) is 5.91 Å². The van der Waals surface area contributed by atoms with Crippen LogP contribution in [-0.2, 0) is 5.75 Å². The summed E-state index contributed by atoms with van der Waals surface area (Å²) in [5.41, 5.74) is 2.17. The number of thioether (sulfide) groups is 1. The Morgan fingerprint density at radius 2 is 1.97 bits per heavy atom. The third-order valence-electron chi connectivity index (χ3n) is 5.03. The smallest absolute Gasteiger partial charge is 0.273 e. The van der Waals surface area contributed by atoms with E-state index in [0.29, 0.717) is 41.3 Å². The molecule has 0 aliphatic rings. The van der Waals surface area contributed by atoms with Crippen LogP contribution in [0.15, 0.2) is 59.3 Å². The summed E-state index contributed by atoms with van der Waals surface area (Å²) in [4.78, 5) is 23.1. The van der Waals surface area contributed by atoms with Gasteiger partial charge in [0.2, 0.25) is 0 Å². The molecule has 33 heavy (non-hydrogen) atoms. The van der Waals surface area contributed by atoms with Crippen LogP contribution in [0, 0.1) is 0 Å². The fourth-order valence-electron chi connectivity index (χ4n) is 3.35. The summed E-state index contributed by atoms with van der Waals surface area (Å²) >= 11 is 2.99. The molecule has 0 unspecified atom stereocenters. The standard InChI is InChI=1S/C23H24N6O2S2/c1-4-28(5-2)22(30)17-14-32-20(25-17)15-33-23-27-26-21(16-9-8-12-24-13-16)29(23)18-10-6-7-11-19(18)31-3/h6-14H,4-5,15H2,1-3H3. The van der Waals surface area contributed by atoms with Crippen LogP contribution in [0.2, 0.25) is 0 Å². The minimum absolute atomic E-state index is 0.0384. The van der Waals surface area contributed by atoms with E-state index in [0.717, 1.165) is 16.3 Å². The van der Waals surface area contributed by atoms with E-state index in [4.69, 9.17) is 4.74 Å². The molecule has 0 atom stereocenters. The first-order chi connectivity index (χ1) is 16.2. The molecule has 3 aromatic heterocycles. The number of nitrogens with zero attached hydrogens (tertiary/aromatic N) is 6. The third kappa shape index (κ3) is 4.91. The van der Waals surface area contributed by atoms with Crippen molar-refractivity contribution in [3.63, 3.8) is 0 Å². The predicted molar refractivity (Wildman–Crippen MR) is 130 cm³/mol. The molecule has 1 aromatic carbocycles. The van der Waals surface area contributed by atoms with Gasteiger partial charge in [0.05, 0.1) is 18.6 Å². The van der Waals surface area contributed by atoms with Gasteiger partial charge >= 0.3 is 0 Å². The summed E-state index contributed by atoms with van der Waals surface area (Å²) in [5, 5.41) is 12.3. The van der Waals surface area contributed by atoms with E-state index in [1.54, 1.807) is 24.4 Å². The molecule has 4 rings (SSSR count). The van der Waals surface area contributed by atoms with Crippen molar-refractivity contribution in [1.82, 2.24) is 29.6 Å². The van der Waals surface area contributed by atoms with Crippen LogP contribution in [0.3, 0.4) is 0 Å². The van der Waals surface area contributed by atoms with Crippen molar-refractivity contribution in [2.24, 2.45) is 0 Å². The average molecular weight is 481 g/mol. The number of amides is 1. The van der Waals surface area contributed by atoms with Crippen LogP contribution in [0.5, 0.6) is 5.75 Å². The summed E-state index contributed by atoms with van der Waals surface area (Å²) in [6.07, 6.45) is 3.48. The summed E-state index contributed by atoms with van der Waals surface area (Å²) in [7, 11) is 1.64. The van der Waals surface area contributed by atoms with Crippen molar-refractivity contribution in [1.29, 1.82) is 0 Å². The number of benzene rings is 1. The van der Waals surface area contributed by atoms with Crippen LogP contribution in [0.1, 0.15) is 29.3 Å². The molecule has 170 valence electrons. The molecule has 0 N–H and O–H groups in total. The van der Waals surface area contributed by atoms with Gasteiger partial charge in [0, 0.05) is 36.4 Å². The maximum Gasteiger partial charge on any atom is 0.273 e. The number of carbonyl (C=O) groups is 1. The predicted octanol–water partition coefficient (Wildman–Crippen LogP) is 4.57. The summed E-state index contributed by atoms with van der Waals surface area (Å²) < 4.78 is 7.57. The molecule has 3 heterocycles. The highest BCUT2D eigenvalue weighted by atomic mass is 32.2. The second-order valence-corrected chi connectivity index (χ2v) is 8.83. The van der Waals surface area contributed by atoms with Crippen LogP contribution in [0.25, 0.3) is 17.1 Å². The number of carbonyl (C=O) groups excluding carboxylic acids is 1. The van der Waals surface area contributed by atoms with Gasteiger partial charge in [-0.3, -0.25) is 14.3 Å². The maximum atomic E-state index is 12.6. The van der Waals surface area contributed by atoms with E-state index >= 15 is 0 Å². The number of para-hydroxylation sites is 2. The van der Waals surface area contributed by atoms with E-state index in [1.807, 2.05) is 60.2 Å². The highest BCUT2D eigenvalue weighted by molar-refractivity contribution is 7.98. The minimum Gasteiger partial charge on any atom is -0.495 e. The number of ether oxygens (including phenoxy) is 1. The van der Waals surface area contributed by atoms with Gasteiger partial charge in [0.1, 0.15) is 16.5 Å². The SMILES string of the molecule is CCN(CC)C(=O)c1csc(CSc2nnc(-c3cccnc3)n2-c2ccccc2OC)n1. The van der Waals surface area contributed by atoms with E-state index in [2.05, 4.69) is 20.2 Å². The molecule has 0 saturated heterocycles. The molecular weight excluding hydrogens is 456 g/mol. The van der Waals surface area contributed by atoms with Gasteiger partial charge in [-0.15, -0.1) is 21.5 Å². The number of aromatic nitrogens is 5. The van der Waals surface area contributed by atoms with Crippen molar-refractivity contribution in [2.75, 3.05) is 20.2 Å². The maximum absolute atomic E-state index is 12.6. The largest absolute Gasteiger partial charge is 0.495 e. The molecule has 4 aromatic rings. The lowest BCUT2D eigenvalue weighted by atomic mass is 10.2. The van der Waals surface area contributed by atoms with Gasteiger partial charge in [0.25, 0.3) is 5.91 Å². The molecule has 1 amide bonds. The summed E-state index contributed by atoms with van der Waals surface area (Å²) in [5.74, 6) is 1.91. The lowest BCUT2D eigenvalue weighted by Crippen LogP contribution is -2.30. The highest BCUT2D eigenvalue weighted by Gasteiger charge is 2.20. The molecule has 0 bridgehead atoms. The molecular formula is C23H24N6O2S2. The Labute approximate surface area is 200 Å². The number of hydrogen-bond donors (Lipinski definition) is 0. The molecule has 0 fully saturated rings. The van der Waals surface area contributed by atoms with Crippen molar-refractivity contribution in [2.45, 2.75) is 24.8 Å². The zero-order valence-electron chi connectivity index (χ0n) is 18.6. The fraction of sp³-hybridized carbons (Fsp3) is 0.261. The van der Waals surface area contributed by atoms with Crippen LogP contribution in [0.4, 0.5) is 0 Å². The molecule has 0 radical (unpaired) electrons. The van der Waals surface area contributed by atoms with Crippen LogP contribution in [-0.4, -0.2) is 55.7 Å². The second-order valence-electron chi connectivity index (χ2n) is 6.95. The van der Waals surface area contributed by atoms with Crippen molar-refractivity contribution >= 4 is 29.0 Å². The van der Waals surface area contributed by atoms with Gasteiger partial charge < -0.3 is 9.64 Å². The summed E-state index contributed by atoms with van der Waals surface area (Å²) in [6.45, 7) is 5.26. The number of rotatable bonds is 9. The highest BCUT2D eigenvalue weighted by Crippen LogP contribution is 2.33. The Hall–Kier alpha value is -3.24. The molecule has 0 aliphatic heterocycles. The number of pyridine rings is 1. The zero-order chi connectivity index (χ0) is 23.2. The van der Waals surface area contributed by atoms with Gasteiger partial charge in [-0.25, -0.2) is 4.98 Å².